The smallest absolute Gasteiger partial charge is 0.215 e. The first-order valence-electron chi connectivity index (χ1n) is 6.48. The molecule has 1 unspecified atom stereocenters. The van der Waals surface area contributed by atoms with Gasteiger partial charge in [-0.15, -0.1) is 11.6 Å². The fourth-order valence-electron chi connectivity index (χ4n) is 1.97. The predicted molar refractivity (Wildman–Crippen MR) is 76.5 cm³/mol. The monoisotopic (exact) mass is 302 g/mol. The van der Waals surface area contributed by atoms with Crippen LogP contribution < -0.4 is 0 Å². The van der Waals surface area contributed by atoms with Crippen molar-refractivity contribution in [3.8, 4) is 0 Å². The van der Waals surface area contributed by atoms with Gasteiger partial charge in [0.2, 0.25) is 10.0 Å². The summed E-state index contributed by atoms with van der Waals surface area (Å²) in [5.41, 5.74) is 0.788. The molecule has 0 bridgehead atoms. The molecular weight excluding hydrogens is 284 g/mol. The van der Waals surface area contributed by atoms with Gasteiger partial charge in [-0.25, -0.2) is 8.42 Å². The van der Waals surface area contributed by atoms with Crippen LogP contribution in [0.1, 0.15) is 25.5 Å². The van der Waals surface area contributed by atoms with E-state index in [1.165, 1.54) is 0 Å². The SMILES string of the molecule is CC(CCl)CS(=O)(=O)N(Cc1ccccn1)C1CC1. The molecule has 0 amide bonds. The zero-order chi connectivity index (χ0) is 13.9. The van der Waals surface area contributed by atoms with Crippen molar-refractivity contribution in [1.82, 2.24) is 9.29 Å². The molecule has 4 nitrogen and oxygen atoms in total. The van der Waals surface area contributed by atoms with Gasteiger partial charge in [0.05, 0.1) is 18.0 Å². The van der Waals surface area contributed by atoms with Gasteiger partial charge in [0.25, 0.3) is 0 Å². The van der Waals surface area contributed by atoms with Crippen molar-refractivity contribution in [2.75, 3.05) is 11.6 Å². The van der Waals surface area contributed by atoms with E-state index in [0.717, 1.165) is 18.5 Å². The third-order valence-corrected chi connectivity index (χ3v) is 5.77. The highest BCUT2D eigenvalue weighted by molar-refractivity contribution is 7.89. The molecule has 1 aliphatic rings. The molecule has 1 fully saturated rings. The van der Waals surface area contributed by atoms with Crippen molar-refractivity contribution in [2.24, 2.45) is 5.92 Å². The Hall–Kier alpha value is -0.650. The Morgan fingerprint density at radius 1 is 1.47 bits per heavy atom. The average Bonchev–Trinajstić information content (AvgIpc) is 3.20. The Morgan fingerprint density at radius 2 is 2.21 bits per heavy atom. The van der Waals surface area contributed by atoms with Crippen molar-refractivity contribution in [3.05, 3.63) is 30.1 Å². The largest absolute Gasteiger partial charge is 0.260 e. The van der Waals surface area contributed by atoms with E-state index in [9.17, 15) is 8.42 Å². The Kier molecular flexibility index (Phi) is 4.81. The van der Waals surface area contributed by atoms with Crippen LogP contribution >= 0.6 is 11.6 Å². The van der Waals surface area contributed by atoms with Gasteiger partial charge < -0.3 is 0 Å². The lowest BCUT2D eigenvalue weighted by Crippen LogP contribution is -2.36. The molecule has 6 heteroatoms. The molecule has 106 valence electrons. The highest BCUT2D eigenvalue weighted by Gasteiger charge is 2.37. The van der Waals surface area contributed by atoms with Crippen LogP contribution in [-0.4, -0.2) is 35.4 Å². The molecule has 1 heterocycles. The third-order valence-electron chi connectivity index (χ3n) is 3.11. The van der Waals surface area contributed by atoms with Gasteiger partial charge in [-0.2, -0.15) is 4.31 Å². The lowest BCUT2D eigenvalue weighted by atomic mass is 10.3. The summed E-state index contributed by atoms with van der Waals surface area (Å²) in [7, 11) is -3.26. The second-order valence-electron chi connectivity index (χ2n) is 5.14. The Balaban J connectivity index is 2.12. The van der Waals surface area contributed by atoms with Crippen molar-refractivity contribution >= 4 is 21.6 Å². The number of hydrogen-bond acceptors (Lipinski definition) is 3. The standard InChI is InChI=1S/C13H19ClN2O2S/c1-11(8-14)10-19(17,18)16(13-5-6-13)9-12-4-2-3-7-15-12/h2-4,7,11,13H,5-6,8-10H2,1H3. The first kappa shape index (κ1) is 14.8. The number of sulfonamides is 1. The summed E-state index contributed by atoms with van der Waals surface area (Å²) in [6.07, 6.45) is 3.58. The molecule has 1 saturated carbocycles. The van der Waals surface area contributed by atoms with E-state index < -0.39 is 10.0 Å². The molecule has 0 radical (unpaired) electrons. The highest BCUT2D eigenvalue weighted by atomic mass is 35.5. The van der Waals surface area contributed by atoms with Crippen LogP contribution in [0.4, 0.5) is 0 Å². The Bertz CT molecular complexity index is 503. The van der Waals surface area contributed by atoms with Gasteiger partial charge in [-0.3, -0.25) is 4.98 Å². The molecule has 0 saturated heterocycles. The van der Waals surface area contributed by atoms with Gasteiger partial charge in [0, 0.05) is 18.1 Å². The average molecular weight is 303 g/mol. The van der Waals surface area contributed by atoms with Gasteiger partial charge in [-0.1, -0.05) is 13.0 Å². The lowest BCUT2D eigenvalue weighted by Gasteiger charge is -2.23. The molecular formula is C13H19ClN2O2S. The molecule has 2 rings (SSSR count). The van der Waals surface area contributed by atoms with Crippen LogP contribution in [0, 0.1) is 5.92 Å². The number of rotatable bonds is 7. The summed E-state index contributed by atoms with van der Waals surface area (Å²) in [5.74, 6) is 0.442. The molecule has 0 spiro atoms. The second kappa shape index (κ2) is 6.20. The van der Waals surface area contributed by atoms with Crippen LogP contribution in [-0.2, 0) is 16.6 Å². The number of halogens is 1. The van der Waals surface area contributed by atoms with Crippen molar-refractivity contribution in [2.45, 2.75) is 32.4 Å². The van der Waals surface area contributed by atoms with Crippen LogP contribution in [0.3, 0.4) is 0 Å². The van der Waals surface area contributed by atoms with Crippen LogP contribution in [0.15, 0.2) is 24.4 Å². The molecule has 1 aliphatic carbocycles. The van der Waals surface area contributed by atoms with Gasteiger partial charge in [-0.05, 0) is 30.9 Å². The molecule has 0 aromatic carbocycles. The van der Waals surface area contributed by atoms with E-state index in [1.54, 1.807) is 10.5 Å². The fourth-order valence-corrected chi connectivity index (χ4v) is 4.23. The highest BCUT2D eigenvalue weighted by Crippen LogP contribution is 2.31. The minimum atomic E-state index is -3.26. The van der Waals surface area contributed by atoms with Crippen LogP contribution in [0.25, 0.3) is 0 Å². The van der Waals surface area contributed by atoms with Crippen molar-refractivity contribution < 1.29 is 8.42 Å². The van der Waals surface area contributed by atoms with Gasteiger partial charge in [0.1, 0.15) is 0 Å². The minimum absolute atomic E-state index is 0.0309. The van der Waals surface area contributed by atoms with E-state index in [-0.39, 0.29) is 17.7 Å². The van der Waals surface area contributed by atoms with Crippen molar-refractivity contribution in [3.63, 3.8) is 0 Å². The van der Waals surface area contributed by atoms with E-state index >= 15 is 0 Å². The zero-order valence-corrected chi connectivity index (χ0v) is 12.6. The fraction of sp³-hybridized carbons (Fsp3) is 0.615. The number of alkyl halides is 1. The summed E-state index contributed by atoms with van der Waals surface area (Å²) in [6.45, 7) is 2.22. The maximum Gasteiger partial charge on any atom is 0.215 e. The third kappa shape index (κ3) is 4.16. The van der Waals surface area contributed by atoms with E-state index in [2.05, 4.69) is 4.98 Å². The predicted octanol–water partition coefficient (Wildman–Crippen LogP) is 2.25. The van der Waals surface area contributed by atoms with Crippen LogP contribution in [0.5, 0.6) is 0 Å². The summed E-state index contributed by atoms with van der Waals surface area (Å²) in [4.78, 5) is 4.21. The molecule has 19 heavy (non-hydrogen) atoms. The quantitative estimate of drug-likeness (QED) is 0.726. The molecule has 1 aromatic heterocycles. The van der Waals surface area contributed by atoms with Gasteiger partial charge in [0.15, 0.2) is 0 Å². The molecule has 1 atom stereocenters. The van der Waals surface area contributed by atoms with Crippen LogP contribution in [0.2, 0.25) is 0 Å². The maximum absolute atomic E-state index is 12.4. The zero-order valence-electron chi connectivity index (χ0n) is 11.0. The second-order valence-corrected chi connectivity index (χ2v) is 7.41. The summed E-state index contributed by atoms with van der Waals surface area (Å²) < 4.78 is 26.4. The lowest BCUT2D eigenvalue weighted by molar-refractivity contribution is 0.391. The Morgan fingerprint density at radius 3 is 2.74 bits per heavy atom. The Labute approximate surface area is 119 Å². The number of hydrogen-bond donors (Lipinski definition) is 0. The molecule has 1 aromatic rings. The number of aromatic nitrogens is 1. The minimum Gasteiger partial charge on any atom is -0.260 e. The number of pyridine rings is 1. The summed E-state index contributed by atoms with van der Waals surface area (Å²) in [6, 6.07) is 5.71. The normalized spacial score (nSPS) is 17.6. The van der Waals surface area contributed by atoms with E-state index in [4.69, 9.17) is 11.6 Å². The first-order chi connectivity index (χ1) is 9.03. The summed E-state index contributed by atoms with van der Waals surface area (Å²) in [5, 5.41) is 0. The first-order valence-corrected chi connectivity index (χ1v) is 8.62. The van der Waals surface area contributed by atoms with Crippen molar-refractivity contribution in [1.29, 1.82) is 0 Å². The summed E-state index contributed by atoms with van der Waals surface area (Å²) >= 11 is 5.72. The van der Waals surface area contributed by atoms with Gasteiger partial charge >= 0.3 is 0 Å². The molecule has 0 aliphatic heterocycles. The van der Waals surface area contributed by atoms with E-state index in [1.807, 2.05) is 25.1 Å². The van der Waals surface area contributed by atoms with E-state index in [0.29, 0.717) is 12.4 Å². The molecule has 0 N–H and O–H groups in total. The maximum atomic E-state index is 12.4. The number of nitrogens with zero attached hydrogens (tertiary/aromatic N) is 2. The topological polar surface area (TPSA) is 50.3 Å².